The number of rotatable bonds is 22. The van der Waals surface area contributed by atoms with Crippen LogP contribution in [-0.2, 0) is 14.3 Å². The Bertz CT molecular complexity index is 934. The van der Waals surface area contributed by atoms with Crippen LogP contribution < -0.4 is 33.2 Å². The molecule has 2 amide bonds. The Morgan fingerprint density at radius 3 is 2.24 bits per heavy atom. The summed E-state index contributed by atoms with van der Waals surface area (Å²) in [6.45, 7) is 15.5. The number of para-hydroxylation sites is 1. The lowest BCUT2D eigenvalue weighted by Crippen LogP contribution is -2.37. The van der Waals surface area contributed by atoms with E-state index in [4.69, 9.17) is 21.9 Å². The van der Waals surface area contributed by atoms with Crippen LogP contribution in [0.4, 0.5) is 5.69 Å². The lowest BCUT2D eigenvalue weighted by molar-refractivity contribution is -0.123. The summed E-state index contributed by atoms with van der Waals surface area (Å²) in [4.78, 5) is 26.8. The highest BCUT2D eigenvalue weighted by atomic mass is 16.5. The summed E-state index contributed by atoms with van der Waals surface area (Å²) in [7, 11) is 0. The number of anilines is 1. The largest absolute Gasteiger partial charge is 0.399 e. The van der Waals surface area contributed by atoms with Crippen molar-refractivity contribution in [2.24, 2.45) is 17.4 Å². The zero-order valence-electron chi connectivity index (χ0n) is 26.2. The lowest BCUT2D eigenvalue weighted by atomic mass is 10.0. The van der Waals surface area contributed by atoms with Crippen LogP contribution in [0.2, 0.25) is 0 Å². The molecule has 41 heavy (non-hydrogen) atoms. The van der Waals surface area contributed by atoms with Gasteiger partial charge in [0.15, 0.2) is 0 Å². The lowest BCUT2D eigenvalue weighted by Gasteiger charge is -2.26. The molecule has 0 aliphatic carbocycles. The summed E-state index contributed by atoms with van der Waals surface area (Å²) < 4.78 is 5.95. The van der Waals surface area contributed by atoms with Crippen molar-refractivity contribution >= 4 is 23.2 Å². The van der Waals surface area contributed by atoms with Gasteiger partial charge < -0.3 is 42.8 Å². The molecule has 1 aromatic rings. The third-order valence-electron chi connectivity index (χ3n) is 6.99. The predicted molar refractivity (Wildman–Crippen MR) is 170 cm³/mol. The number of likely N-dealkylation sites (N-methyl/N-ethyl adjacent to an activating group) is 1. The molecular weight excluding hydrogens is 518 g/mol. The SMILES string of the molecule is CCN(CCNC(=O)CCC(C)(C)OCCC(C)C)CCC(=O)NCCCCN/C(=C(\N)CN)c1ccccc1N. The summed E-state index contributed by atoms with van der Waals surface area (Å²) in [5.74, 6) is 0.675. The van der Waals surface area contributed by atoms with E-state index in [0.717, 1.165) is 43.7 Å². The smallest absolute Gasteiger partial charge is 0.221 e. The van der Waals surface area contributed by atoms with Gasteiger partial charge in [-0.2, -0.15) is 0 Å². The van der Waals surface area contributed by atoms with E-state index in [1.807, 2.05) is 38.1 Å². The number of benzene rings is 1. The van der Waals surface area contributed by atoms with Crippen LogP contribution in [0.25, 0.3) is 5.70 Å². The molecule has 0 heterocycles. The molecule has 0 saturated carbocycles. The van der Waals surface area contributed by atoms with Gasteiger partial charge in [0.2, 0.25) is 11.8 Å². The van der Waals surface area contributed by atoms with Crippen molar-refractivity contribution in [1.82, 2.24) is 20.9 Å². The molecule has 1 rings (SSSR count). The number of nitrogen functional groups attached to an aromatic ring is 1. The van der Waals surface area contributed by atoms with Gasteiger partial charge in [-0.1, -0.05) is 39.0 Å². The van der Waals surface area contributed by atoms with Gasteiger partial charge in [0.1, 0.15) is 0 Å². The Morgan fingerprint density at radius 2 is 1.61 bits per heavy atom. The molecule has 0 aliphatic rings. The van der Waals surface area contributed by atoms with E-state index in [1.54, 1.807) is 0 Å². The predicted octanol–water partition coefficient (Wildman–Crippen LogP) is 2.79. The van der Waals surface area contributed by atoms with Crippen LogP contribution in [0.5, 0.6) is 0 Å². The normalized spacial score (nSPS) is 12.4. The minimum absolute atomic E-state index is 0.0326. The molecule has 0 atom stereocenters. The summed E-state index contributed by atoms with van der Waals surface area (Å²) >= 11 is 0. The number of hydrogen-bond donors (Lipinski definition) is 6. The van der Waals surface area contributed by atoms with E-state index in [9.17, 15) is 9.59 Å². The van der Waals surface area contributed by atoms with Crippen LogP contribution in [-0.4, -0.2) is 74.7 Å². The Morgan fingerprint density at radius 1 is 0.976 bits per heavy atom. The molecule has 0 bridgehead atoms. The number of carbonyl (C=O) groups excluding carboxylic acids is 2. The zero-order chi connectivity index (χ0) is 30.7. The fourth-order valence-corrected chi connectivity index (χ4v) is 4.18. The first kappa shape index (κ1) is 36.2. The maximum atomic E-state index is 12.3. The third-order valence-corrected chi connectivity index (χ3v) is 6.99. The molecule has 9 N–H and O–H groups in total. The van der Waals surface area contributed by atoms with Crippen LogP contribution >= 0.6 is 0 Å². The topological polar surface area (TPSA) is 161 Å². The van der Waals surface area contributed by atoms with E-state index in [0.29, 0.717) is 69.3 Å². The standard InChI is InChI=1S/C31H57N7O3/c1-6-38(21-19-36-28(39)13-16-31(4,5)41-22-15-24(2)3)20-14-29(40)35-17-9-10-18-37-30(27(34)23-32)25-11-7-8-12-26(25)33/h7-8,11-12,24,37H,6,9-10,13-23,32-34H2,1-5H3,(H,35,40)(H,36,39)/b30-27-. The van der Waals surface area contributed by atoms with Crippen molar-refractivity contribution in [2.75, 3.05) is 58.2 Å². The molecule has 0 fully saturated rings. The average Bonchev–Trinajstić information content (AvgIpc) is 2.93. The molecule has 0 unspecified atom stereocenters. The average molecular weight is 576 g/mol. The highest BCUT2D eigenvalue weighted by molar-refractivity contribution is 5.77. The van der Waals surface area contributed by atoms with Gasteiger partial charge >= 0.3 is 0 Å². The van der Waals surface area contributed by atoms with Gasteiger partial charge in [-0.3, -0.25) is 9.59 Å². The van der Waals surface area contributed by atoms with Crippen molar-refractivity contribution < 1.29 is 14.3 Å². The molecule has 0 spiro atoms. The van der Waals surface area contributed by atoms with Gasteiger partial charge in [-0.15, -0.1) is 0 Å². The van der Waals surface area contributed by atoms with Crippen molar-refractivity contribution in [2.45, 2.75) is 78.7 Å². The van der Waals surface area contributed by atoms with E-state index in [2.05, 4.69) is 41.6 Å². The van der Waals surface area contributed by atoms with Crippen LogP contribution in [0, 0.1) is 5.92 Å². The fourth-order valence-electron chi connectivity index (χ4n) is 4.18. The highest BCUT2D eigenvalue weighted by Gasteiger charge is 2.20. The second kappa shape index (κ2) is 20.1. The van der Waals surface area contributed by atoms with Gasteiger partial charge in [-0.25, -0.2) is 0 Å². The number of hydrogen-bond acceptors (Lipinski definition) is 8. The number of carbonyl (C=O) groups is 2. The summed E-state index contributed by atoms with van der Waals surface area (Å²) in [5, 5.41) is 9.36. The first-order valence-corrected chi connectivity index (χ1v) is 15.2. The van der Waals surface area contributed by atoms with Gasteiger partial charge in [0, 0.05) is 75.7 Å². The van der Waals surface area contributed by atoms with Crippen molar-refractivity contribution in [3.8, 4) is 0 Å². The Labute approximate surface area is 248 Å². The van der Waals surface area contributed by atoms with Gasteiger partial charge in [-0.05, 0) is 58.1 Å². The van der Waals surface area contributed by atoms with Crippen molar-refractivity contribution in [3.05, 3.63) is 35.5 Å². The van der Waals surface area contributed by atoms with Gasteiger partial charge in [0.25, 0.3) is 0 Å². The van der Waals surface area contributed by atoms with Gasteiger partial charge in [0.05, 0.1) is 11.3 Å². The van der Waals surface area contributed by atoms with Crippen LogP contribution in [0.1, 0.15) is 78.7 Å². The van der Waals surface area contributed by atoms with Crippen LogP contribution in [0.15, 0.2) is 30.0 Å². The number of amides is 2. The number of nitrogens with two attached hydrogens (primary N) is 3. The van der Waals surface area contributed by atoms with E-state index >= 15 is 0 Å². The first-order chi connectivity index (χ1) is 19.5. The summed E-state index contributed by atoms with van der Waals surface area (Å²) in [6, 6.07) is 7.54. The van der Waals surface area contributed by atoms with E-state index in [-0.39, 0.29) is 24.0 Å². The molecule has 1 aromatic carbocycles. The fraction of sp³-hybridized carbons (Fsp3) is 0.677. The molecule has 10 nitrogen and oxygen atoms in total. The quantitative estimate of drug-likeness (QED) is 0.0909. The first-order valence-electron chi connectivity index (χ1n) is 15.2. The number of nitrogens with one attached hydrogen (secondary N) is 3. The molecule has 0 radical (unpaired) electrons. The Balaban J connectivity index is 2.22. The minimum atomic E-state index is -0.305. The molecule has 0 aliphatic heterocycles. The third kappa shape index (κ3) is 16.3. The summed E-state index contributed by atoms with van der Waals surface area (Å²) in [6.07, 6.45) is 4.27. The van der Waals surface area contributed by atoms with Crippen molar-refractivity contribution in [3.63, 3.8) is 0 Å². The highest BCUT2D eigenvalue weighted by Crippen LogP contribution is 2.20. The van der Waals surface area contributed by atoms with E-state index < -0.39 is 0 Å². The van der Waals surface area contributed by atoms with E-state index in [1.165, 1.54) is 0 Å². The molecule has 0 saturated heterocycles. The van der Waals surface area contributed by atoms with Crippen LogP contribution in [0.3, 0.4) is 0 Å². The number of nitrogens with zero attached hydrogens (tertiary/aromatic N) is 1. The second-order valence-corrected chi connectivity index (χ2v) is 11.5. The minimum Gasteiger partial charge on any atom is -0.399 e. The zero-order valence-corrected chi connectivity index (χ0v) is 26.2. The molecule has 10 heteroatoms. The maximum absolute atomic E-state index is 12.3. The maximum Gasteiger partial charge on any atom is 0.221 e. The monoisotopic (exact) mass is 575 g/mol. The second-order valence-electron chi connectivity index (χ2n) is 11.5. The Kier molecular flexibility index (Phi) is 17.8. The number of ether oxygens (including phenoxy) is 1. The Hall–Kier alpha value is -2.82. The number of unbranched alkanes of at least 4 members (excludes halogenated alkanes) is 1. The summed E-state index contributed by atoms with van der Waals surface area (Å²) in [5.41, 5.74) is 20.5. The molecular formula is C31H57N7O3. The molecule has 0 aromatic heterocycles. The van der Waals surface area contributed by atoms with Crippen molar-refractivity contribution in [1.29, 1.82) is 0 Å². The molecule has 234 valence electrons.